The summed E-state index contributed by atoms with van der Waals surface area (Å²) in [5, 5.41) is 14.5. The van der Waals surface area contributed by atoms with Crippen LogP contribution < -0.4 is 5.32 Å². The highest BCUT2D eigenvalue weighted by Crippen LogP contribution is 2.31. The number of aliphatic imine (C=N–C) groups is 1. The number of carbonyl (C=O) groups is 1. The molecule has 180 valence electrons. The second-order valence-electron chi connectivity index (χ2n) is 7.97. The average Bonchev–Trinajstić information content (AvgIpc) is 2.96. The molecular formula is C26H37N3O2S2. The molecule has 0 saturated carbocycles. The predicted molar refractivity (Wildman–Crippen MR) is 146 cm³/mol. The molecule has 2 aliphatic carbocycles. The first-order valence-electron chi connectivity index (χ1n) is 11.6. The van der Waals surface area contributed by atoms with Crippen molar-refractivity contribution in [1.29, 1.82) is 0 Å². The van der Waals surface area contributed by atoms with Crippen molar-refractivity contribution in [3.63, 3.8) is 0 Å². The summed E-state index contributed by atoms with van der Waals surface area (Å²) in [6, 6.07) is 0. The summed E-state index contributed by atoms with van der Waals surface area (Å²) in [5.74, 6) is 2.28. The molecule has 0 aromatic carbocycles. The summed E-state index contributed by atoms with van der Waals surface area (Å²) in [7, 11) is 2.12. The molecule has 33 heavy (non-hydrogen) atoms. The molecule has 0 bridgehead atoms. The van der Waals surface area contributed by atoms with Crippen LogP contribution in [0, 0.1) is 11.8 Å². The van der Waals surface area contributed by atoms with Crippen molar-refractivity contribution in [2.45, 2.75) is 33.6 Å². The van der Waals surface area contributed by atoms with E-state index < -0.39 is 0 Å². The van der Waals surface area contributed by atoms with E-state index in [2.05, 4.69) is 65.8 Å². The fourth-order valence-corrected chi connectivity index (χ4v) is 5.20. The van der Waals surface area contributed by atoms with E-state index in [0.29, 0.717) is 17.6 Å². The Kier molecular flexibility index (Phi) is 12.3. The fraction of sp³-hybridized carbons (Fsp3) is 0.462. The number of thioether (sulfide) groups is 2. The van der Waals surface area contributed by atoms with Crippen LogP contribution in [0.5, 0.6) is 0 Å². The van der Waals surface area contributed by atoms with Gasteiger partial charge in [-0.1, -0.05) is 49.9 Å². The molecule has 0 aromatic heterocycles. The van der Waals surface area contributed by atoms with Crippen LogP contribution in [0.15, 0.2) is 74.9 Å². The van der Waals surface area contributed by atoms with Crippen LogP contribution in [0.3, 0.4) is 0 Å². The minimum absolute atomic E-state index is 0.0476. The Balaban J connectivity index is 0.000000237. The first-order valence-corrected chi connectivity index (χ1v) is 13.5. The number of nitrogens with zero attached hydrogens (tertiary/aromatic N) is 2. The monoisotopic (exact) mass is 487 g/mol. The van der Waals surface area contributed by atoms with Gasteiger partial charge in [-0.3, -0.25) is 9.79 Å². The summed E-state index contributed by atoms with van der Waals surface area (Å²) in [6.07, 6.45) is 16.1. The van der Waals surface area contributed by atoms with Crippen molar-refractivity contribution >= 4 is 35.0 Å². The Morgan fingerprint density at radius 1 is 1.39 bits per heavy atom. The minimum atomic E-state index is 0.0476. The highest BCUT2D eigenvalue weighted by atomic mass is 32.2. The first-order chi connectivity index (χ1) is 15.9. The lowest BCUT2D eigenvalue weighted by Gasteiger charge is -2.29. The van der Waals surface area contributed by atoms with Crippen LogP contribution >= 0.6 is 23.5 Å². The van der Waals surface area contributed by atoms with Crippen molar-refractivity contribution in [1.82, 2.24) is 10.2 Å². The van der Waals surface area contributed by atoms with Gasteiger partial charge in [0.2, 0.25) is 5.91 Å². The number of aliphatic hydroxyl groups is 1. The zero-order chi connectivity index (χ0) is 24.1. The van der Waals surface area contributed by atoms with Crippen molar-refractivity contribution in [3.05, 3.63) is 69.9 Å². The fourth-order valence-electron chi connectivity index (χ4n) is 3.70. The number of aliphatic hydroxyl groups excluding tert-OH is 1. The summed E-state index contributed by atoms with van der Waals surface area (Å²) >= 11 is 3.49. The van der Waals surface area contributed by atoms with E-state index in [1.54, 1.807) is 24.8 Å². The largest absolute Gasteiger partial charge is 0.508 e. The first kappa shape index (κ1) is 27.1. The maximum atomic E-state index is 10.9. The second kappa shape index (κ2) is 14.9. The Morgan fingerprint density at radius 2 is 2.21 bits per heavy atom. The molecular weight excluding hydrogens is 450 g/mol. The van der Waals surface area contributed by atoms with Gasteiger partial charge < -0.3 is 15.3 Å². The third kappa shape index (κ3) is 9.72. The number of likely N-dealkylation sites (N-methyl/N-ethyl adjacent to an activating group) is 1. The van der Waals surface area contributed by atoms with Crippen LogP contribution in [0.25, 0.3) is 0 Å². The minimum Gasteiger partial charge on any atom is -0.508 e. The van der Waals surface area contributed by atoms with Gasteiger partial charge >= 0.3 is 0 Å². The van der Waals surface area contributed by atoms with E-state index in [9.17, 15) is 9.90 Å². The molecule has 7 heteroatoms. The molecule has 1 amide bonds. The lowest BCUT2D eigenvalue weighted by Crippen LogP contribution is -2.29. The van der Waals surface area contributed by atoms with Gasteiger partial charge in [0.25, 0.3) is 0 Å². The molecule has 3 aliphatic rings. The number of hydrogen-bond donors (Lipinski definition) is 2. The molecule has 2 unspecified atom stereocenters. The molecule has 2 N–H and O–H groups in total. The standard InChI is InChI=1S/C13H23N3OS.C13H14OS/c1-4-12(5-6-15-11(2)17)13-9-18-10-14-7-8-16(13)3;1-2-15-13-7-6-11-8-12(14)5-3-4-10(11)9-13/h9-10,12H,4-8H2,1-3H3,(H,15,17);3-10,14H,2H2,1H3/b13-9-,14-10?;. The van der Waals surface area contributed by atoms with Crippen molar-refractivity contribution in [3.8, 4) is 0 Å². The number of carbonyl (C=O) groups excluding carboxylic acids is 1. The number of amides is 1. The zero-order valence-electron chi connectivity index (χ0n) is 20.2. The third-order valence-electron chi connectivity index (χ3n) is 5.49. The van der Waals surface area contributed by atoms with Gasteiger partial charge in [-0.15, -0.1) is 11.8 Å². The third-order valence-corrected chi connectivity index (χ3v) is 7.03. The summed E-state index contributed by atoms with van der Waals surface area (Å²) < 4.78 is 0. The molecule has 5 nitrogen and oxygen atoms in total. The Labute approximate surface area is 207 Å². The zero-order valence-corrected chi connectivity index (χ0v) is 21.8. The Bertz CT molecular complexity index is 869. The highest BCUT2D eigenvalue weighted by Gasteiger charge is 2.17. The molecule has 3 rings (SSSR count). The van der Waals surface area contributed by atoms with E-state index in [1.807, 2.05) is 29.5 Å². The molecule has 1 heterocycles. The van der Waals surface area contributed by atoms with Gasteiger partial charge in [0.15, 0.2) is 0 Å². The van der Waals surface area contributed by atoms with Gasteiger partial charge in [-0.2, -0.15) is 0 Å². The normalized spacial score (nSPS) is 22.1. The van der Waals surface area contributed by atoms with E-state index in [0.717, 1.165) is 43.8 Å². The van der Waals surface area contributed by atoms with Crippen LogP contribution in [0.4, 0.5) is 0 Å². The van der Waals surface area contributed by atoms with Crippen molar-refractivity contribution in [2.75, 3.05) is 32.4 Å². The van der Waals surface area contributed by atoms with E-state index in [4.69, 9.17) is 0 Å². The lowest BCUT2D eigenvalue weighted by molar-refractivity contribution is -0.119. The average molecular weight is 488 g/mol. The number of hydrogen-bond acceptors (Lipinski definition) is 6. The van der Waals surface area contributed by atoms with Crippen LogP contribution in [-0.4, -0.2) is 53.9 Å². The predicted octanol–water partition coefficient (Wildman–Crippen LogP) is 5.83. The number of fused-ring (bicyclic) bond motifs is 1. The summed E-state index contributed by atoms with van der Waals surface area (Å²) in [6.45, 7) is 8.47. The van der Waals surface area contributed by atoms with Crippen molar-refractivity contribution < 1.29 is 9.90 Å². The van der Waals surface area contributed by atoms with Crippen molar-refractivity contribution in [2.24, 2.45) is 16.8 Å². The van der Waals surface area contributed by atoms with E-state index in [1.165, 1.54) is 10.6 Å². The van der Waals surface area contributed by atoms with Gasteiger partial charge in [0.05, 0.1) is 12.1 Å². The Hall–Kier alpha value is -2.12. The van der Waals surface area contributed by atoms with Crippen LogP contribution in [-0.2, 0) is 4.79 Å². The lowest BCUT2D eigenvalue weighted by atomic mass is 9.94. The Morgan fingerprint density at radius 3 is 2.94 bits per heavy atom. The molecule has 0 spiro atoms. The number of allylic oxidation sites excluding steroid dienone is 9. The van der Waals surface area contributed by atoms with Gasteiger partial charge in [0.1, 0.15) is 5.76 Å². The maximum Gasteiger partial charge on any atom is 0.216 e. The molecule has 0 saturated heterocycles. The molecule has 0 radical (unpaired) electrons. The second-order valence-corrected chi connectivity index (χ2v) is 10.0. The van der Waals surface area contributed by atoms with Crippen LogP contribution in [0.2, 0.25) is 0 Å². The van der Waals surface area contributed by atoms with Crippen LogP contribution in [0.1, 0.15) is 33.6 Å². The molecule has 0 fully saturated rings. The quantitative estimate of drug-likeness (QED) is 0.473. The van der Waals surface area contributed by atoms with Gasteiger partial charge in [-0.05, 0) is 47.8 Å². The topological polar surface area (TPSA) is 64.9 Å². The summed E-state index contributed by atoms with van der Waals surface area (Å²) in [4.78, 5) is 18.8. The molecule has 1 aliphatic heterocycles. The van der Waals surface area contributed by atoms with E-state index >= 15 is 0 Å². The molecule has 0 aromatic rings. The highest BCUT2D eigenvalue weighted by molar-refractivity contribution is 8.14. The molecule has 2 atom stereocenters. The maximum absolute atomic E-state index is 10.9. The smallest absolute Gasteiger partial charge is 0.216 e. The van der Waals surface area contributed by atoms with Gasteiger partial charge in [0, 0.05) is 49.5 Å². The SMILES string of the molecule is CCC(CCNC(C)=O)/C1=C/SC=NCCN1C.CCSC1=CC2C=CC=C(O)C=C2C=C1. The number of rotatable bonds is 7. The summed E-state index contributed by atoms with van der Waals surface area (Å²) in [5.41, 5.74) is 4.42. The number of nitrogens with one attached hydrogen (secondary N) is 1. The van der Waals surface area contributed by atoms with Gasteiger partial charge in [-0.25, -0.2) is 0 Å². The van der Waals surface area contributed by atoms with E-state index in [-0.39, 0.29) is 5.91 Å².